The highest BCUT2D eigenvalue weighted by Crippen LogP contribution is 2.28. The second-order valence-corrected chi connectivity index (χ2v) is 5.50. The van der Waals surface area contributed by atoms with Crippen molar-refractivity contribution in [1.82, 2.24) is 9.88 Å². The first kappa shape index (κ1) is 10.1. The molecular formula is C11H18N2S. The third-order valence-electron chi connectivity index (χ3n) is 3.40. The van der Waals surface area contributed by atoms with Crippen LogP contribution >= 0.6 is 11.3 Å². The smallest absolute Gasteiger partial charge is 0.0798 e. The molecule has 0 saturated heterocycles. The van der Waals surface area contributed by atoms with Crippen molar-refractivity contribution in [2.75, 3.05) is 6.54 Å². The molecule has 0 atom stereocenters. The first-order chi connectivity index (χ1) is 6.63. The van der Waals surface area contributed by atoms with Gasteiger partial charge in [-0.2, -0.15) is 0 Å². The predicted octanol–water partition coefficient (Wildman–Crippen LogP) is 2.69. The Morgan fingerprint density at radius 3 is 3.07 bits per heavy atom. The molecule has 78 valence electrons. The van der Waals surface area contributed by atoms with Gasteiger partial charge < -0.3 is 0 Å². The zero-order valence-electron chi connectivity index (χ0n) is 9.21. The summed E-state index contributed by atoms with van der Waals surface area (Å²) in [6.45, 7) is 9.19. The molecule has 0 bridgehead atoms. The minimum Gasteiger partial charge on any atom is -0.293 e. The maximum absolute atomic E-state index is 4.39. The second-order valence-electron chi connectivity index (χ2n) is 4.56. The van der Waals surface area contributed by atoms with E-state index in [9.17, 15) is 0 Å². The maximum atomic E-state index is 4.39. The summed E-state index contributed by atoms with van der Waals surface area (Å²) in [7, 11) is 0. The fourth-order valence-corrected chi connectivity index (χ4v) is 2.69. The van der Waals surface area contributed by atoms with Gasteiger partial charge in [-0.05, 0) is 20.3 Å². The molecule has 0 aliphatic carbocycles. The van der Waals surface area contributed by atoms with Gasteiger partial charge in [0.05, 0.1) is 11.2 Å². The first-order valence-corrected chi connectivity index (χ1v) is 6.18. The Kier molecular flexibility index (Phi) is 2.62. The fourth-order valence-electron chi connectivity index (χ4n) is 1.86. The van der Waals surface area contributed by atoms with Gasteiger partial charge in [-0.3, -0.25) is 4.90 Å². The predicted molar refractivity (Wildman–Crippen MR) is 60.6 cm³/mol. The van der Waals surface area contributed by atoms with Crippen molar-refractivity contribution in [3.63, 3.8) is 0 Å². The van der Waals surface area contributed by atoms with Crippen LogP contribution in [-0.4, -0.2) is 22.0 Å². The topological polar surface area (TPSA) is 16.1 Å². The van der Waals surface area contributed by atoms with Crippen molar-refractivity contribution in [2.24, 2.45) is 0 Å². The summed E-state index contributed by atoms with van der Waals surface area (Å²) >= 11 is 1.80. The van der Waals surface area contributed by atoms with E-state index in [1.165, 1.54) is 17.0 Å². The van der Waals surface area contributed by atoms with E-state index in [1.807, 2.05) is 5.51 Å². The molecule has 0 spiro atoms. The van der Waals surface area contributed by atoms with E-state index in [0.717, 1.165) is 19.5 Å². The van der Waals surface area contributed by atoms with Crippen molar-refractivity contribution < 1.29 is 0 Å². The minimum atomic E-state index is 0.335. The van der Waals surface area contributed by atoms with Gasteiger partial charge in [-0.15, -0.1) is 11.3 Å². The van der Waals surface area contributed by atoms with E-state index in [2.05, 4.69) is 30.7 Å². The van der Waals surface area contributed by atoms with E-state index in [0.29, 0.717) is 5.54 Å². The largest absolute Gasteiger partial charge is 0.293 e. The summed E-state index contributed by atoms with van der Waals surface area (Å²) in [6, 6.07) is 0. The first-order valence-electron chi connectivity index (χ1n) is 5.30. The van der Waals surface area contributed by atoms with Crippen LogP contribution in [0.15, 0.2) is 5.51 Å². The van der Waals surface area contributed by atoms with Crippen LogP contribution in [0.2, 0.25) is 0 Å². The second kappa shape index (κ2) is 3.63. The van der Waals surface area contributed by atoms with Crippen LogP contribution in [-0.2, 0) is 13.0 Å². The molecular weight excluding hydrogens is 192 g/mol. The lowest BCUT2D eigenvalue weighted by molar-refractivity contribution is 0.101. The van der Waals surface area contributed by atoms with Gasteiger partial charge in [0.15, 0.2) is 0 Å². The average Bonchev–Trinajstić information content (AvgIpc) is 2.64. The van der Waals surface area contributed by atoms with E-state index in [1.54, 1.807) is 11.3 Å². The molecule has 1 aliphatic heterocycles. The Morgan fingerprint density at radius 1 is 1.57 bits per heavy atom. The molecule has 0 fully saturated rings. The van der Waals surface area contributed by atoms with E-state index in [-0.39, 0.29) is 0 Å². The molecule has 2 heterocycles. The molecule has 0 aromatic carbocycles. The van der Waals surface area contributed by atoms with Crippen LogP contribution in [0, 0.1) is 0 Å². The Balaban J connectivity index is 2.15. The molecule has 0 saturated carbocycles. The highest BCUT2D eigenvalue weighted by Gasteiger charge is 2.28. The number of rotatable bonds is 2. The standard InChI is InChI=1S/C11H18N2S/c1-4-11(2,3)13-6-5-9-10(7-13)14-8-12-9/h8H,4-7H2,1-3H3. The number of hydrogen-bond donors (Lipinski definition) is 0. The zero-order chi connectivity index (χ0) is 10.2. The van der Waals surface area contributed by atoms with Crippen LogP contribution in [0.4, 0.5) is 0 Å². The Hall–Kier alpha value is -0.410. The highest BCUT2D eigenvalue weighted by atomic mass is 32.1. The molecule has 0 unspecified atom stereocenters. The van der Waals surface area contributed by atoms with Gasteiger partial charge in [0.1, 0.15) is 0 Å². The summed E-state index contributed by atoms with van der Waals surface area (Å²) in [5.41, 5.74) is 3.65. The maximum Gasteiger partial charge on any atom is 0.0798 e. The molecule has 3 heteroatoms. The Labute approximate surface area is 90.0 Å². The van der Waals surface area contributed by atoms with Gasteiger partial charge in [-0.25, -0.2) is 4.98 Å². The molecule has 14 heavy (non-hydrogen) atoms. The molecule has 0 radical (unpaired) electrons. The summed E-state index contributed by atoms with van der Waals surface area (Å²) < 4.78 is 0. The number of thiazole rings is 1. The molecule has 2 nitrogen and oxygen atoms in total. The molecule has 1 aromatic rings. The molecule has 1 aliphatic rings. The van der Waals surface area contributed by atoms with Crippen molar-refractivity contribution in [1.29, 1.82) is 0 Å². The Morgan fingerprint density at radius 2 is 2.36 bits per heavy atom. The van der Waals surface area contributed by atoms with Gasteiger partial charge in [0.2, 0.25) is 0 Å². The molecule has 1 aromatic heterocycles. The highest BCUT2D eigenvalue weighted by molar-refractivity contribution is 7.09. The summed E-state index contributed by atoms with van der Waals surface area (Å²) in [5.74, 6) is 0. The van der Waals surface area contributed by atoms with Crippen molar-refractivity contribution in [2.45, 2.75) is 45.7 Å². The van der Waals surface area contributed by atoms with Crippen LogP contribution in [0.1, 0.15) is 37.8 Å². The normalized spacial score (nSPS) is 18.2. The Bertz CT molecular complexity index is 317. The molecule has 0 N–H and O–H groups in total. The van der Waals surface area contributed by atoms with Crippen molar-refractivity contribution in [3.8, 4) is 0 Å². The van der Waals surface area contributed by atoms with Gasteiger partial charge >= 0.3 is 0 Å². The fraction of sp³-hybridized carbons (Fsp3) is 0.727. The van der Waals surface area contributed by atoms with E-state index in [4.69, 9.17) is 0 Å². The van der Waals surface area contributed by atoms with Crippen molar-refractivity contribution in [3.05, 3.63) is 16.1 Å². The van der Waals surface area contributed by atoms with Crippen LogP contribution in [0.3, 0.4) is 0 Å². The zero-order valence-corrected chi connectivity index (χ0v) is 10.0. The number of hydrogen-bond acceptors (Lipinski definition) is 3. The monoisotopic (exact) mass is 210 g/mol. The summed E-state index contributed by atoms with van der Waals surface area (Å²) in [5, 5.41) is 0. The van der Waals surface area contributed by atoms with Gasteiger partial charge in [-0.1, -0.05) is 6.92 Å². The number of fused-ring (bicyclic) bond motifs is 1. The molecule has 2 rings (SSSR count). The van der Waals surface area contributed by atoms with Crippen LogP contribution in [0.25, 0.3) is 0 Å². The third-order valence-corrected chi connectivity index (χ3v) is 4.26. The number of nitrogens with zero attached hydrogens (tertiary/aromatic N) is 2. The lowest BCUT2D eigenvalue weighted by atomic mass is 9.97. The molecule has 0 amide bonds. The quantitative estimate of drug-likeness (QED) is 0.746. The van der Waals surface area contributed by atoms with E-state index < -0.39 is 0 Å². The van der Waals surface area contributed by atoms with E-state index >= 15 is 0 Å². The lowest BCUT2D eigenvalue weighted by Crippen LogP contribution is -2.45. The van der Waals surface area contributed by atoms with Crippen molar-refractivity contribution >= 4 is 11.3 Å². The van der Waals surface area contributed by atoms with Gasteiger partial charge in [0.25, 0.3) is 0 Å². The van der Waals surface area contributed by atoms with Crippen LogP contribution < -0.4 is 0 Å². The van der Waals surface area contributed by atoms with Gasteiger partial charge in [0, 0.05) is 29.9 Å². The summed E-state index contributed by atoms with van der Waals surface area (Å²) in [6.07, 6.45) is 2.34. The average molecular weight is 210 g/mol. The third kappa shape index (κ3) is 1.71. The lowest BCUT2D eigenvalue weighted by Gasteiger charge is -2.39. The summed E-state index contributed by atoms with van der Waals surface area (Å²) in [4.78, 5) is 8.44. The number of aromatic nitrogens is 1. The SMILES string of the molecule is CCC(C)(C)N1CCc2ncsc2C1. The van der Waals surface area contributed by atoms with Crippen LogP contribution in [0.5, 0.6) is 0 Å². The minimum absolute atomic E-state index is 0.335.